The second-order valence-electron chi connectivity index (χ2n) is 7.47. The zero-order chi connectivity index (χ0) is 19.0. The number of anilines is 1. The molecule has 1 aromatic carbocycles. The lowest BCUT2D eigenvalue weighted by Gasteiger charge is -2.40. The zero-order valence-electron chi connectivity index (χ0n) is 14.7. The van der Waals surface area contributed by atoms with Crippen molar-refractivity contribution in [1.29, 1.82) is 0 Å². The highest BCUT2D eigenvalue weighted by Crippen LogP contribution is 2.55. The van der Waals surface area contributed by atoms with Crippen molar-refractivity contribution in [3.63, 3.8) is 0 Å². The van der Waals surface area contributed by atoms with Crippen LogP contribution in [0.5, 0.6) is 0 Å². The number of amides is 1. The highest BCUT2D eigenvalue weighted by Gasteiger charge is 2.49. The summed E-state index contributed by atoms with van der Waals surface area (Å²) in [6.07, 6.45) is 6.08. The molecule has 2 heterocycles. The number of benzene rings is 1. The summed E-state index contributed by atoms with van der Waals surface area (Å²) >= 11 is 7.99. The van der Waals surface area contributed by atoms with E-state index in [4.69, 9.17) is 11.6 Å². The van der Waals surface area contributed by atoms with Gasteiger partial charge in [-0.25, -0.2) is 9.37 Å². The first-order valence-electron chi connectivity index (χ1n) is 9.07. The molecule has 0 radical (unpaired) electrons. The van der Waals surface area contributed by atoms with Crippen LogP contribution in [0, 0.1) is 14.8 Å². The molecular formula is C20H20ClFIN3O. The molecule has 142 valence electrons. The standard InChI is InChI=1S/C20H20ClFIN3O/c21-13-1-4-18(24-11-13)25-12-15-10-20(5-6-20)7-8-26(15)19(27)16-9-14(22)2-3-17(16)23/h1-4,9,11,15H,5-8,10,12H2,(H,24,25). The second kappa shape index (κ2) is 7.54. The Kier molecular flexibility index (Phi) is 5.29. The summed E-state index contributed by atoms with van der Waals surface area (Å²) in [5.41, 5.74) is 0.836. The Morgan fingerprint density at radius 3 is 2.85 bits per heavy atom. The fourth-order valence-electron chi connectivity index (χ4n) is 3.85. The van der Waals surface area contributed by atoms with Gasteiger partial charge in [-0.15, -0.1) is 0 Å². The minimum absolute atomic E-state index is 0.0605. The highest BCUT2D eigenvalue weighted by molar-refractivity contribution is 14.1. The van der Waals surface area contributed by atoms with E-state index in [-0.39, 0.29) is 17.8 Å². The summed E-state index contributed by atoms with van der Waals surface area (Å²) in [5.74, 6) is 0.266. The van der Waals surface area contributed by atoms with E-state index >= 15 is 0 Å². The SMILES string of the molecule is O=C(c1cc(F)ccc1I)N1CCC2(CC2)CC1CNc1ccc(Cl)cn1. The van der Waals surface area contributed by atoms with Crippen LogP contribution in [0.15, 0.2) is 36.5 Å². The van der Waals surface area contributed by atoms with Gasteiger partial charge in [-0.1, -0.05) is 11.6 Å². The van der Waals surface area contributed by atoms with Crippen molar-refractivity contribution >= 4 is 45.9 Å². The Hall–Kier alpha value is -1.41. The van der Waals surface area contributed by atoms with Gasteiger partial charge in [0.1, 0.15) is 11.6 Å². The molecule has 1 aliphatic heterocycles. The normalized spacial score (nSPS) is 20.6. The molecule has 7 heteroatoms. The van der Waals surface area contributed by atoms with E-state index in [0.717, 1.165) is 22.2 Å². The first-order valence-corrected chi connectivity index (χ1v) is 10.5. The van der Waals surface area contributed by atoms with Gasteiger partial charge in [-0.3, -0.25) is 4.79 Å². The molecule has 27 heavy (non-hydrogen) atoms. The molecule has 4 rings (SSSR count). The van der Waals surface area contributed by atoms with Crippen molar-refractivity contribution in [1.82, 2.24) is 9.88 Å². The van der Waals surface area contributed by atoms with E-state index in [1.807, 2.05) is 11.0 Å². The largest absolute Gasteiger partial charge is 0.368 e. The topological polar surface area (TPSA) is 45.2 Å². The maximum absolute atomic E-state index is 13.7. The predicted octanol–water partition coefficient (Wildman–Crippen LogP) is 4.98. The van der Waals surface area contributed by atoms with Gasteiger partial charge in [0.2, 0.25) is 0 Å². The van der Waals surface area contributed by atoms with Crippen LogP contribution in [0.2, 0.25) is 5.02 Å². The number of hydrogen-bond donors (Lipinski definition) is 1. The lowest BCUT2D eigenvalue weighted by atomic mass is 9.87. The minimum atomic E-state index is -0.380. The van der Waals surface area contributed by atoms with Gasteiger partial charge in [-0.2, -0.15) is 0 Å². The van der Waals surface area contributed by atoms with Gasteiger partial charge in [0.05, 0.1) is 10.6 Å². The van der Waals surface area contributed by atoms with Crippen molar-refractivity contribution in [3.05, 3.63) is 56.5 Å². The number of piperidine rings is 1. The molecule has 1 N–H and O–H groups in total. The molecule has 2 aromatic rings. The van der Waals surface area contributed by atoms with Crippen molar-refractivity contribution in [3.8, 4) is 0 Å². The zero-order valence-corrected chi connectivity index (χ0v) is 17.6. The third kappa shape index (κ3) is 4.21. The van der Waals surface area contributed by atoms with Gasteiger partial charge < -0.3 is 10.2 Å². The average molecular weight is 500 g/mol. The smallest absolute Gasteiger partial charge is 0.255 e. The number of halogens is 3. The quantitative estimate of drug-likeness (QED) is 0.604. The summed E-state index contributed by atoms with van der Waals surface area (Å²) < 4.78 is 14.5. The van der Waals surface area contributed by atoms with E-state index in [0.29, 0.717) is 29.1 Å². The number of pyridine rings is 1. The fraction of sp³-hybridized carbons (Fsp3) is 0.400. The van der Waals surface area contributed by atoms with Crippen LogP contribution in [-0.2, 0) is 0 Å². The van der Waals surface area contributed by atoms with Crippen LogP contribution in [0.1, 0.15) is 36.0 Å². The summed E-state index contributed by atoms with van der Waals surface area (Å²) in [5, 5.41) is 3.92. The van der Waals surface area contributed by atoms with Crippen LogP contribution >= 0.6 is 34.2 Å². The van der Waals surface area contributed by atoms with Crippen molar-refractivity contribution in [2.75, 3.05) is 18.4 Å². The lowest BCUT2D eigenvalue weighted by Crippen LogP contribution is -2.50. The first-order chi connectivity index (χ1) is 13.0. The molecule has 1 saturated heterocycles. The van der Waals surface area contributed by atoms with Crippen molar-refractivity contribution in [2.24, 2.45) is 5.41 Å². The maximum Gasteiger partial charge on any atom is 0.255 e. The molecule has 1 saturated carbocycles. The third-order valence-corrected chi connectivity index (χ3v) is 6.78. The number of nitrogens with zero attached hydrogens (tertiary/aromatic N) is 2. The van der Waals surface area contributed by atoms with Gasteiger partial charge in [-0.05, 0) is 84.0 Å². The molecule has 1 spiro atoms. The Morgan fingerprint density at radius 1 is 1.33 bits per heavy atom. The minimum Gasteiger partial charge on any atom is -0.368 e. The number of rotatable bonds is 4. The Bertz CT molecular complexity index is 857. The molecular weight excluding hydrogens is 480 g/mol. The molecule has 1 amide bonds. The van der Waals surface area contributed by atoms with Gasteiger partial charge >= 0.3 is 0 Å². The monoisotopic (exact) mass is 499 g/mol. The van der Waals surface area contributed by atoms with Crippen molar-refractivity contribution in [2.45, 2.75) is 31.7 Å². The summed E-state index contributed by atoms with van der Waals surface area (Å²) in [4.78, 5) is 19.3. The van der Waals surface area contributed by atoms with E-state index < -0.39 is 0 Å². The van der Waals surface area contributed by atoms with Crippen LogP contribution in [0.3, 0.4) is 0 Å². The van der Waals surface area contributed by atoms with Crippen LogP contribution in [-0.4, -0.2) is 34.9 Å². The maximum atomic E-state index is 13.7. The van der Waals surface area contributed by atoms with E-state index in [2.05, 4.69) is 32.9 Å². The highest BCUT2D eigenvalue weighted by atomic mass is 127. The first kappa shape index (κ1) is 18.9. The molecule has 0 bridgehead atoms. The van der Waals surface area contributed by atoms with Crippen LogP contribution in [0.25, 0.3) is 0 Å². The number of carbonyl (C=O) groups is 1. The summed E-state index contributed by atoms with van der Waals surface area (Å²) in [7, 11) is 0. The summed E-state index contributed by atoms with van der Waals surface area (Å²) in [6.45, 7) is 1.33. The van der Waals surface area contributed by atoms with Gasteiger partial charge in [0.25, 0.3) is 5.91 Å². The number of likely N-dealkylation sites (tertiary alicyclic amines) is 1. The molecule has 4 nitrogen and oxygen atoms in total. The molecule has 1 atom stereocenters. The van der Waals surface area contributed by atoms with Crippen LogP contribution in [0.4, 0.5) is 10.2 Å². The number of carbonyl (C=O) groups excluding carboxylic acids is 1. The Morgan fingerprint density at radius 2 is 2.15 bits per heavy atom. The molecule has 1 unspecified atom stereocenters. The van der Waals surface area contributed by atoms with Crippen molar-refractivity contribution < 1.29 is 9.18 Å². The number of hydrogen-bond acceptors (Lipinski definition) is 3. The third-order valence-electron chi connectivity index (χ3n) is 5.62. The molecule has 2 aliphatic rings. The Balaban J connectivity index is 1.53. The molecule has 1 aromatic heterocycles. The van der Waals surface area contributed by atoms with E-state index in [9.17, 15) is 9.18 Å². The lowest BCUT2D eigenvalue weighted by molar-refractivity contribution is 0.0544. The van der Waals surface area contributed by atoms with Gasteiger partial charge in [0, 0.05) is 28.9 Å². The number of nitrogens with one attached hydrogen (secondary N) is 1. The fourth-order valence-corrected chi connectivity index (χ4v) is 4.53. The molecule has 1 aliphatic carbocycles. The van der Waals surface area contributed by atoms with E-state index in [1.54, 1.807) is 18.3 Å². The van der Waals surface area contributed by atoms with E-state index in [1.165, 1.54) is 25.0 Å². The predicted molar refractivity (Wildman–Crippen MR) is 113 cm³/mol. The summed E-state index contributed by atoms with van der Waals surface area (Å²) in [6, 6.07) is 8.07. The average Bonchev–Trinajstić information content (AvgIpc) is 3.41. The number of aromatic nitrogens is 1. The molecule has 2 fully saturated rings. The van der Waals surface area contributed by atoms with Gasteiger partial charge in [0.15, 0.2) is 0 Å². The second-order valence-corrected chi connectivity index (χ2v) is 9.07. The van der Waals surface area contributed by atoms with Crippen LogP contribution < -0.4 is 5.32 Å². The Labute approximate surface area is 176 Å².